The van der Waals surface area contributed by atoms with Crippen LogP contribution < -0.4 is 0 Å². The molecular weight excluding hydrogens is 230 g/mol. The third kappa shape index (κ3) is 2.89. The molecule has 1 aliphatic heterocycles. The molecule has 0 N–H and O–H groups in total. The maximum absolute atomic E-state index is 12.1. The fourth-order valence-electron chi connectivity index (χ4n) is 2.37. The van der Waals surface area contributed by atoms with Gasteiger partial charge >= 0.3 is 0 Å². The van der Waals surface area contributed by atoms with Gasteiger partial charge in [-0.1, -0.05) is 26.8 Å². The van der Waals surface area contributed by atoms with Crippen LogP contribution in [0.15, 0.2) is 17.5 Å². The molecule has 0 aliphatic carbocycles. The molecule has 0 spiro atoms. The molecule has 0 bridgehead atoms. The van der Waals surface area contributed by atoms with E-state index < -0.39 is 0 Å². The van der Waals surface area contributed by atoms with E-state index in [9.17, 15) is 4.79 Å². The minimum Gasteiger partial charge on any atom is -0.342 e. The van der Waals surface area contributed by atoms with Crippen molar-refractivity contribution in [3.63, 3.8) is 0 Å². The van der Waals surface area contributed by atoms with Gasteiger partial charge < -0.3 is 4.90 Å². The topological polar surface area (TPSA) is 20.3 Å². The lowest BCUT2D eigenvalue weighted by atomic mass is 9.90. The Morgan fingerprint density at radius 1 is 1.35 bits per heavy atom. The Labute approximate surface area is 108 Å². The number of hydrogen-bond donors (Lipinski definition) is 0. The van der Waals surface area contributed by atoms with Crippen molar-refractivity contribution in [2.75, 3.05) is 13.1 Å². The number of carbonyl (C=O) groups excluding carboxylic acids is 1. The van der Waals surface area contributed by atoms with Crippen LogP contribution in [0.25, 0.3) is 0 Å². The van der Waals surface area contributed by atoms with Crippen molar-refractivity contribution in [1.29, 1.82) is 0 Å². The van der Waals surface area contributed by atoms with Gasteiger partial charge in [0, 0.05) is 23.4 Å². The Kier molecular flexibility index (Phi) is 3.57. The molecule has 0 saturated carbocycles. The summed E-state index contributed by atoms with van der Waals surface area (Å²) in [6.45, 7) is 7.83. The van der Waals surface area contributed by atoms with Crippen LogP contribution in [0.1, 0.15) is 44.4 Å². The maximum Gasteiger partial charge on any atom is 0.227 e. The van der Waals surface area contributed by atoms with Gasteiger partial charge in [0.25, 0.3) is 0 Å². The number of carbonyl (C=O) groups is 1. The SMILES string of the molecule is CC(C)(C)C(=O)N1CCC(c2cccs2)CC1. The molecule has 0 unspecified atom stereocenters. The largest absolute Gasteiger partial charge is 0.342 e. The molecule has 2 nitrogen and oxygen atoms in total. The Hall–Kier alpha value is -0.830. The van der Waals surface area contributed by atoms with Crippen LogP contribution >= 0.6 is 11.3 Å². The lowest BCUT2D eigenvalue weighted by molar-refractivity contribution is -0.140. The zero-order valence-electron chi connectivity index (χ0n) is 10.9. The number of piperidine rings is 1. The standard InChI is InChI=1S/C14H21NOS/c1-14(2,3)13(16)15-8-6-11(7-9-15)12-5-4-10-17-12/h4-5,10-11H,6-9H2,1-3H3. The van der Waals surface area contributed by atoms with Gasteiger partial charge in [-0.15, -0.1) is 11.3 Å². The third-order valence-corrected chi connectivity index (χ3v) is 4.40. The van der Waals surface area contributed by atoms with E-state index in [0.29, 0.717) is 11.8 Å². The van der Waals surface area contributed by atoms with Crippen LogP contribution in [0, 0.1) is 5.41 Å². The molecule has 1 saturated heterocycles. The van der Waals surface area contributed by atoms with Gasteiger partial charge in [0.2, 0.25) is 5.91 Å². The highest BCUT2D eigenvalue weighted by Crippen LogP contribution is 2.32. The van der Waals surface area contributed by atoms with Crippen LogP contribution in [0.4, 0.5) is 0 Å². The minimum atomic E-state index is -0.240. The highest BCUT2D eigenvalue weighted by molar-refractivity contribution is 7.10. The second kappa shape index (κ2) is 4.81. The molecule has 3 heteroatoms. The van der Waals surface area contributed by atoms with Crippen LogP contribution in [-0.2, 0) is 4.79 Å². The second-order valence-corrected chi connectivity index (χ2v) is 6.81. The molecule has 94 valence electrons. The normalized spacial score (nSPS) is 18.4. The summed E-state index contributed by atoms with van der Waals surface area (Å²) >= 11 is 1.84. The van der Waals surface area contributed by atoms with E-state index in [-0.39, 0.29) is 5.41 Å². The van der Waals surface area contributed by atoms with E-state index in [4.69, 9.17) is 0 Å². The third-order valence-electron chi connectivity index (χ3n) is 3.37. The quantitative estimate of drug-likeness (QED) is 0.748. The van der Waals surface area contributed by atoms with Crippen LogP contribution in [0.3, 0.4) is 0 Å². The summed E-state index contributed by atoms with van der Waals surface area (Å²) in [5.41, 5.74) is -0.240. The maximum atomic E-state index is 12.1. The van der Waals surface area contributed by atoms with E-state index in [0.717, 1.165) is 25.9 Å². The monoisotopic (exact) mass is 251 g/mol. The molecule has 1 aromatic heterocycles. The molecule has 1 aliphatic rings. The Bertz CT molecular complexity index is 369. The summed E-state index contributed by atoms with van der Waals surface area (Å²) in [5, 5.41) is 2.14. The molecule has 17 heavy (non-hydrogen) atoms. The van der Waals surface area contributed by atoms with E-state index in [1.54, 1.807) is 0 Å². The van der Waals surface area contributed by atoms with Gasteiger partial charge in [-0.25, -0.2) is 0 Å². The van der Waals surface area contributed by atoms with Gasteiger partial charge in [0.1, 0.15) is 0 Å². The highest BCUT2D eigenvalue weighted by atomic mass is 32.1. The van der Waals surface area contributed by atoms with Crippen molar-refractivity contribution in [1.82, 2.24) is 4.90 Å². The first-order valence-corrected chi connectivity index (χ1v) is 7.19. The smallest absolute Gasteiger partial charge is 0.227 e. The van der Waals surface area contributed by atoms with Gasteiger partial charge in [-0.05, 0) is 30.2 Å². The molecule has 0 aromatic carbocycles. The lowest BCUT2D eigenvalue weighted by Gasteiger charge is -2.35. The molecule has 1 aromatic rings. The average molecular weight is 251 g/mol. The van der Waals surface area contributed by atoms with E-state index in [1.165, 1.54) is 4.88 Å². The Balaban J connectivity index is 1.93. The number of likely N-dealkylation sites (tertiary alicyclic amines) is 1. The fourth-order valence-corrected chi connectivity index (χ4v) is 3.26. The number of hydrogen-bond acceptors (Lipinski definition) is 2. The summed E-state index contributed by atoms with van der Waals surface area (Å²) in [7, 11) is 0. The highest BCUT2D eigenvalue weighted by Gasteiger charge is 2.30. The lowest BCUT2D eigenvalue weighted by Crippen LogP contribution is -2.43. The first-order valence-electron chi connectivity index (χ1n) is 6.31. The molecular formula is C14H21NOS. The number of thiophene rings is 1. The predicted octanol–water partition coefficient (Wildman–Crippen LogP) is 3.50. The van der Waals surface area contributed by atoms with E-state index in [1.807, 2.05) is 37.0 Å². The second-order valence-electron chi connectivity index (χ2n) is 5.83. The summed E-state index contributed by atoms with van der Waals surface area (Å²) in [6.07, 6.45) is 2.23. The van der Waals surface area contributed by atoms with Gasteiger partial charge in [0.15, 0.2) is 0 Å². The van der Waals surface area contributed by atoms with Crippen LogP contribution in [0.5, 0.6) is 0 Å². The van der Waals surface area contributed by atoms with Crippen LogP contribution in [-0.4, -0.2) is 23.9 Å². The van der Waals surface area contributed by atoms with Crippen LogP contribution in [0.2, 0.25) is 0 Å². The molecule has 2 heterocycles. The zero-order valence-corrected chi connectivity index (χ0v) is 11.7. The van der Waals surface area contributed by atoms with Crippen molar-refractivity contribution in [2.24, 2.45) is 5.41 Å². The molecule has 2 rings (SSSR count). The Morgan fingerprint density at radius 2 is 2.00 bits per heavy atom. The van der Waals surface area contributed by atoms with E-state index in [2.05, 4.69) is 17.5 Å². The van der Waals surface area contributed by atoms with Crippen molar-refractivity contribution < 1.29 is 4.79 Å². The van der Waals surface area contributed by atoms with Crippen molar-refractivity contribution in [2.45, 2.75) is 39.5 Å². The summed E-state index contributed by atoms with van der Waals surface area (Å²) in [4.78, 5) is 15.7. The summed E-state index contributed by atoms with van der Waals surface area (Å²) in [5.74, 6) is 0.959. The number of amides is 1. The van der Waals surface area contributed by atoms with Crippen molar-refractivity contribution in [3.05, 3.63) is 22.4 Å². The van der Waals surface area contributed by atoms with Gasteiger partial charge in [0.05, 0.1) is 0 Å². The van der Waals surface area contributed by atoms with Gasteiger partial charge in [-0.3, -0.25) is 4.79 Å². The predicted molar refractivity (Wildman–Crippen MR) is 72.3 cm³/mol. The zero-order chi connectivity index (χ0) is 12.5. The fraction of sp³-hybridized carbons (Fsp3) is 0.643. The van der Waals surface area contributed by atoms with E-state index >= 15 is 0 Å². The van der Waals surface area contributed by atoms with Crippen molar-refractivity contribution in [3.8, 4) is 0 Å². The number of nitrogens with zero attached hydrogens (tertiary/aromatic N) is 1. The Morgan fingerprint density at radius 3 is 2.47 bits per heavy atom. The van der Waals surface area contributed by atoms with Gasteiger partial charge in [-0.2, -0.15) is 0 Å². The minimum absolute atomic E-state index is 0.240. The molecule has 1 fully saturated rings. The first kappa shape index (κ1) is 12.6. The number of rotatable bonds is 1. The summed E-state index contributed by atoms with van der Waals surface area (Å²) < 4.78 is 0. The first-order chi connectivity index (χ1) is 7.98. The molecule has 1 amide bonds. The van der Waals surface area contributed by atoms with Crippen molar-refractivity contribution >= 4 is 17.2 Å². The molecule has 0 radical (unpaired) electrons. The molecule has 0 atom stereocenters. The summed E-state index contributed by atoms with van der Waals surface area (Å²) in [6, 6.07) is 4.34. The average Bonchev–Trinajstić information content (AvgIpc) is 2.80.